The molecule has 1 aromatic rings. The van der Waals surface area contributed by atoms with Gasteiger partial charge in [0.25, 0.3) is 0 Å². The molecule has 0 spiro atoms. The molecule has 1 saturated heterocycles. The average molecular weight is 372 g/mol. The summed E-state index contributed by atoms with van der Waals surface area (Å²) in [5, 5.41) is 0.618. The Morgan fingerprint density at radius 2 is 1.85 bits per heavy atom. The van der Waals surface area contributed by atoms with E-state index in [1.54, 1.807) is 0 Å². The predicted molar refractivity (Wildman–Crippen MR) is 71.6 cm³/mol. The van der Waals surface area contributed by atoms with Crippen LogP contribution < -0.4 is 0 Å². The number of hydrogen-bond acceptors (Lipinski definition) is 2. The fourth-order valence-electron chi connectivity index (χ4n) is 2.28. The molecule has 1 aromatic carbocycles. The quantitative estimate of drug-likeness (QED) is 0.766. The zero-order valence-electron chi connectivity index (χ0n) is 10.5. The largest absolute Gasteiger partial charge is 0.248 e. The Morgan fingerprint density at radius 1 is 1.25 bits per heavy atom. The number of nitrogens with zero attached hydrogens (tertiary/aromatic N) is 1. The molecule has 1 aliphatic heterocycles. The number of halogens is 4. The van der Waals surface area contributed by atoms with Gasteiger partial charge in [0.15, 0.2) is 4.90 Å². The summed E-state index contributed by atoms with van der Waals surface area (Å²) in [6.07, 6.45) is 1.48. The van der Waals surface area contributed by atoms with Crippen LogP contribution in [0.2, 0.25) is 0 Å². The van der Waals surface area contributed by atoms with E-state index >= 15 is 0 Å². The topological polar surface area (TPSA) is 37.4 Å². The maximum Gasteiger partial charge on any atom is 0.248 e. The zero-order chi connectivity index (χ0) is 14.9. The van der Waals surface area contributed by atoms with Gasteiger partial charge in [-0.2, -0.15) is 4.31 Å². The molecule has 1 fully saturated rings. The summed E-state index contributed by atoms with van der Waals surface area (Å²) in [5.41, 5.74) is 0. The lowest BCUT2D eigenvalue weighted by molar-refractivity contribution is 0.283. The fraction of sp³-hybridized carbons (Fsp3) is 0.500. The van der Waals surface area contributed by atoms with E-state index in [9.17, 15) is 21.6 Å². The normalized spacial score (nSPS) is 21.1. The number of benzene rings is 1. The van der Waals surface area contributed by atoms with Gasteiger partial charge < -0.3 is 0 Å². The second-order valence-electron chi connectivity index (χ2n) is 4.72. The van der Waals surface area contributed by atoms with Crippen molar-refractivity contribution >= 4 is 26.0 Å². The SMILES string of the molecule is O=S(=O)(c1c(F)cc(F)cc1F)N1CCCC(CBr)C1. The number of rotatable bonds is 3. The van der Waals surface area contributed by atoms with Crippen LogP contribution in [0.15, 0.2) is 17.0 Å². The average Bonchev–Trinajstić information content (AvgIpc) is 2.37. The van der Waals surface area contributed by atoms with Crippen molar-refractivity contribution in [3.63, 3.8) is 0 Å². The molecule has 1 unspecified atom stereocenters. The molecule has 0 N–H and O–H groups in total. The van der Waals surface area contributed by atoms with Crippen molar-refractivity contribution in [2.75, 3.05) is 18.4 Å². The zero-order valence-corrected chi connectivity index (χ0v) is 12.9. The molecule has 0 amide bonds. The Hall–Kier alpha value is -0.600. The lowest BCUT2D eigenvalue weighted by Gasteiger charge is -2.31. The van der Waals surface area contributed by atoms with Gasteiger partial charge in [-0.15, -0.1) is 0 Å². The minimum atomic E-state index is -4.29. The molecule has 20 heavy (non-hydrogen) atoms. The Kier molecular flexibility index (Phi) is 4.76. The van der Waals surface area contributed by atoms with E-state index < -0.39 is 32.4 Å². The molecule has 8 heteroatoms. The predicted octanol–water partition coefficient (Wildman–Crippen LogP) is 2.90. The van der Waals surface area contributed by atoms with Crippen LogP contribution in [-0.2, 0) is 10.0 Å². The van der Waals surface area contributed by atoms with E-state index in [4.69, 9.17) is 0 Å². The first kappa shape index (κ1) is 15.8. The smallest absolute Gasteiger partial charge is 0.207 e. The van der Waals surface area contributed by atoms with Gasteiger partial charge in [0.2, 0.25) is 10.0 Å². The third kappa shape index (κ3) is 3.01. The summed E-state index contributed by atoms with van der Waals surface area (Å²) in [5.74, 6) is -3.84. The van der Waals surface area contributed by atoms with Gasteiger partial charge in [-0.1, -0.05) is 15.9 Å². The number of sulfonamides is 1. The lowest BCUT2D eigenvalue weighted by Crippen LogP contribution is -2.41. The summed E-state index contributed by atoms with van der Waals surface area (Å²) in [6.45, 7) is 0.409. The van der Waals surface area contributed by atoms with Gasteiger partial charge in [0.1, 0.15) is 17.5 Å². The van der Waals surface area contributed by atoms with Crippen LogP contribution in [-0.4, -0.2) is 31.1 Å². The molecule has 0 saturated carbocycles. The molecule has 0 bridgehead atoms. The number of piperidine rings is 1. The minimum Gasteiger partial charge on any atom is -0.207 e. The number of alkyl halides is 1. The first-order chi connectivity index (χ1) is 9.36. The number of hydrogen-bond donors (Lipinski definition) is 0. The summed E-state index contributed by atoms with van der Waals surface area (Å²) in [4.78, 5) is -1.07. The maximum atomic E-state index is 13.6. The van der Waals surface area contributed by atoms with Crippen molar-refractivity contribution < 1.29 is 21.6 Å². The molecule has 1 atom stereocenters. The van der Waals surface area contributed by atoms with Crippen molar-refractivity contribution in [2.45, 2.75) is 17.7 Å². The Morgan fingerprint density at radius 3 is 2.40 bits per heavy atom. The molecule has 1 aliphatic rings. The highest BCUT2D eigenvalue weighted by Gasteiger charge is 2.34. The Bertz CT molecular complexity index is 586. The van der Waals surface area contributed by atoms with Crippen LogP contribution in [0.3, 0.4) is 0 Å². The van der Waals surface area contributed by atoms with Gasteiger partial charge in [0.05, 0.1) is 0 Å². The molecular weight excluding hydrogens is 359 g/mol. The highest BCUT2D eigenvalue weighted by molar-refractivity contribution is 9.09. The standard InChI is InChI=1S/C12H13BrF3NO2S/c13-6-8-2-1-3-17(7-8)20(18,19)12-10(15)4-9(14)5-11(12)16/h4-5,8H,1-3,6-7H2. The summed E-state index contributed by atoms with van der Waals surface area (Å²) < 4.78 is 65.8. The summed E-state index contributed by atoms with van der Waals surface area (Å²) in [6, 6.07) is 0.754. The van der Waals surface area contributed by atoms with Crippen LogP contribution in [0.5, 0.6) is 0 Å². The molecule has 1 heterocycles. The van der Waals surface area contributed by atoms with E-state index in [0.717, 1.165) is 10.7 Å². The van der Waals surface area contributed by atoms with Crippen molar-refractivity contribution in [3.8, 4) is 0 Å². The third-order valence-corrected chi connectivity index (χ3v) is 6.09. The van der Waals surface area contributed by atoms with E-state index in [2.05, 4.69) is 15.9 Å². The first-order valence-electron chi connectivity index (χ1n) is 6.07. The van der Waals surface area contributed by atoms with Crippen LogP contribution in [0.25, 0.3) is 0 Å². The van der Waals surface area contributed by atoms with E-state index in [-0.39, 0.29) is 19.0 Å². The highest BCUT2D eigenvalue weighted by Crippen LogP contribution is 2.28. The van der Waals surface area contributed by atoms with Crippen LogP contribution in [0.1, 0.15) is 12.8 Å². The van der Waals surface area contributed by atoms with Crippen LogP contribution in [0.4, 0.5) is 13.2 Å². The molecule has 0 aromatic heterocycles. The van der Waals surface area contributed by atoms with Gasteiger partial charge in [-0.3, -0.25) is 0 Å². The van der Waals surface area contributed by atoms with E-state index in [1.807, 2.05) is 0 Å². The second kappa shape index (κ2) is 6.03. The Labute approximate surface area is 123 Å². The summed E-state index contributed by atoms with van der Waals surface area (Å²) >= 11 is 3.28. The molecular formula is C12H13BrF3NO2S. The first-order valence-corrected chi connectivity index (χ1v) is 8.63. The van der Waals surface area contributed by atoms with Crippen LogP contribution >= 0.6 is 15.9 Å². The molecule has 2 rings (SSSR count). The Balaban J connectivity index is 2.40. The second-order valence-corrected chi connectivity index (χ2v) is 7.25. The fourth-order valence-corrected chi connectivity index (χ4v) is 4.45. The van der Waals surface area contributed by atoms with Gasteiger partial charge in [-0.05, 0) is 18.8 Å². The molecule has 112 valence electrons. The minimum absolute atomic E-state index is 0.102. The summed E-state index contributed by atoms with van der Waals surface area (Å²) in [7, 11) is -4.29. The maximum absolute atomic E-state index is 13.6. The lowest BCUT2D eigenvalue weighted by atomic mass is 10.0. The van der Waals surface area contributed by atoms with Crippen molar-refractivity contribution in [1.29, 1.82) is 0 Å². The highest BCUT2D eigenvalue weighted by atomic mass is 79.9. The third-order valence-electron chi connectivity index (χ3n) is 3.26. The molecule has 3 nitrogen and oxygen atoms in total. The van der Waals surface area contributed by atoms with Gasteiger partial charge in [-0.25, -0.2) is 21.6 Å². The van der Waals surface area contributed by atoms with Gasteiger partial charge in [0, 0.05) is 30.6 Å². The van der Waals surface area contributed by atoms with Crippen molar-refractivity contribution in [3.05, 3.63) is 29.6 Å². The van der Waals surface area contributed by atoms with Crippen molar-refractivity contribution in [2.24, 2.45) is 5.92 Å². The van der Waals surface area contributed by atoms with Crippen molar-refractivity contribution in [1.82, 2.24) is 4.31 Å². The van der Waals surface area contributed by atoms with Crippen LogP contribution in [0, 0.1) is 23.4 Å². The molecule has 0 radical (unpaired) electrons. The molecule has 0 aliphatic carbocycles. The monoisotopic (exact) mass is 371 g/mol. The van der Waals surface area contributed by atoms with E-state index in [1.165, 1.54) is 0 Å². The van der Waals surface area contributed by atoms with Gasteiger partial charge >= 0.3 is 0 Å². The van der Waals surface area contributed by atoms with E-state index in [0.29, 0.717) is 23.9 Å².